The maximum Gasteiger partial charge on any atom is 0.330 e. The maximum absolute atomic E-state index is 12.2. The highest BCUT2D eigenvalue weighted by Gasteiger charge is 2.31. The first kappa shape index (κ1) is 12.8. The SMILES string of the molecule is CC1CCC(C(=O)c2cn(C)c(=O)n(C)c2=O)O1. The summed E-state index contributed by atoms with van der Waals surface area (Å²) in [5.74, 6) is -0.337. The van der Waals surface area contributed by atoms with Crippen molar-refractivity contribution < 1.29 is 9.53 Å². The Balaban J connectivity index is 2.43. The summed E-state index contributed by atoms with van der Waals surface area (Å²) in [5.41, 5.74) is -0.998. The molecule has 98 valence electrons. The average molecular weight is 252 g/mol. The average Bonchev–Trinajstić information content (AvgIpc) is 2.77. The summed E-state index contributed by atoms with van der Waals surface area (Å²) >= 11 is 0. The summed E-state index contributed by atoms with van der Waals surface area (Å²) in [4.78, 5) is 35.6. The molecule has 0 N–H and O–H groups in total. The second-order valence-corrected chi connectivity index (χ2v) is 4.68. The topological polar surface area (TPSA) is 70.3 Å². The van der Waals surface area contributed by atoms with Gasteiger partial charge < -0.3 is 9.30 Å². The minimum Gasteiger partial charge on any atom is -0.367 e. The summed E-state index contributed by atoms with van der Waals surface area (Å²) in [6.07, 6.45) is 2.19. The molecule has 0 radical (unpaired) electrons. The van der Waals surface area contributed by atoms with Gasteiger partial charge in [0.1, 0.15) is 11.7 Å². The molecule has 2 heterocycles. The van der Waals surface area contributed by atoms with Crippen molar-refractivity contribution in [3.63, 3.8) is 0 Å². The number of Topliss-reactive ketones (excluding diaryl/α,β-unsaturated/α-hetero) is 1. The van der Waals surface area contributed by atoms with Crippen LogP contribution in [0.2, 0.25) is 0 Å². The molecule has 0 amide bonds. The predicted octanol–water partition coefficient (Wildman–Crippen LogP) is -0.166. The number of nitrogens with zero attached hydrogens (tertiary/aromatic N) is 2. The molecule has 6 nitrogen and oxygen atoms in total. The van der Waals surface area contributed by atoms with Crippen LogP contribution in [0.3, 0.4) is 0 Å². The van der Waals surface area contributed by atoms with Crippen molar-refractivity contribution in [2.75, 3.05) is 0 Å². The molecule has 0 saturated carbocycles. The largest absolute Gasteiger partial charge is 0.367 e. The van der Waals surface area contributed by atoms with Gasteiger partial charge in [0.25, 0.3) is 5.56 Å². The highest BCUT2D eigenvalue weighted by Crippen LogP contribution is 2.21. The molecular weight excluding hydrogens is 236 g/mol. The molecule has 2 atom stereocenters. The van der Waals surface area contributed by atoms with Crippen molar-refractivity contribution in [1.29, 1.82) is 0 Å². The van der Waals surface area contributed by atoms with Crippen molar-refractivity contribution in [3.8, 4) is 0 Å². The molecule has 2 rings (SSSR count). The van der Waals surface area contributed by atoms with Crippen LogP contribution in [0.25, 0.3) is 0 Å². The van der Waals surface area contributed by atoms with E-state index >= 15 is 0 Å². The van der Waals surface area contributed by atoms with Crippen LogP contribution in [0.15, 0.2) is 15.8 Å². The molecule has 2 unspecified atom stereocenters. The van der Waals surface area contributed by atoms with E-state index < -0.39 is 17.4 Å². The zero-order valence-corrected chi connectivity index (χ0v) is 10.7. The number of carbonyl (C=O) groups is 1. The van der Waals surface area contributed by atoms with E-state index in [1.165, 1.54) is 24.9 Å². The van der Waals surface area contributed by atoms with E-state index in [2.05, 4.69) is 0 Å². The molecule has 1 aromatic heterocycles. The fraction of sp³-hybridized carbons (Fsp3) is 0.583. The van der Waals surface area contributed by atoms with E-state index in [-0.39, 0.29) is 17.5 Å². The second kappa shape index (κ2) is 4.53. The van der Waals surface area contributed by atoms with Gasteiger partial charge in [0, 0.05) is 20.3 Å². The van der Waals surface area contributed by atoms with Gasteiger partial charge in [-0.1, -0.05) is 0 Å². The van der Waals surface area contributed by atoms with Crippen molar-refractivity contribution in [1.82, 2.24) is 9.13 Å². The lowest BCUT2D eigenvalue weighted by molar-refractivity contribution is 0.0431. The number of rotatable bonds is 2. The van der Waals surface area contributed by atoms with Gasteiger partial charge in [-0.2, -0.15) is 0 Å². The molecule has 0 spiro atoms. The van der Waals surface area contributed by atoms with Crippen LogP contribution in [0, 0.1) is 0 Å². The molecule has 1 saturated heterocycles. The van der Waals surface area contributed by atoms with E-state index in [1.54, 1.807) is 0 Å². The van der Waals surface area contributed by atoms with Gasteiger partial charge in [-0.15, -0.1) is 0 Å². The molecule has 18 heavy (non-hydrogen) atoms. The van der Waals surface area contributed by atoms with Crippen LogP contribution in [0.4, 0.5) is 0 Å². The Hall–Kier alpha value is -1.69. The molecule has 6 heteroatoms. The van der Waals surface area contributed by atoms with Crippen molar-refractivity contribution in [2.45, 2.75) is 32.0 Å². The summed E-state index contributed by atoms with van der Waals surface area (Å²) in [6.45, 7) is 1.89. The zero-order valence-electron chi connectivity index (χ0n) is 10.7. The fourth-order valence-electron chi connectivity index (χ4n) is 2.15. The van der Waals surface area contributed by atoms with Crippen LogP contribution >= 0.6 is 0 Å². The smallest absolute Gasteiger partial charge is 0.330 e. The van der Waals surface area contributed by atoms with Gasteiger partial charge in [-0.3, -0.25) is 14.2 Å². The van der Waals surface area contributed by atoms with Gasteiger partial charge >= 0.3 is 5.69 Å². The third kappa shape index (κ3) is 2.03. The number of ketones is 1. The predicted molar refractivity (Wildman–Crippen MR) is 64.8 cm³/mol. The Morgan fingerprint density at radius 1 is 1.33 bits per heavy atom. The van der Waals surface area contributed by atoms with Crippen LogP contribution in [0.1, 0.15) is 30.1 Å². The maximum atomic E-state index is 12.2. The van der Waals surface area contributed by atoms with Crippen molar-refractivity contribution in [2.24, 2.45) is 14.1 Å². The summed E-state index contributed by atoms with van der Waals surface area (Å²) in [5, 5.41) is 0. The molecule has 1 aliphatic heterocycles. The Morgan fingerprint density at radius 2 is 2.00 bits per heavy atom. The van der Waals surface area contributed by atoms with E-state index in [1.807, 2.05) is 6.92 Å². The van der Waals surface area contributed by atoms with Gasteiger partial charge in [-0.25, -0.2) is 4.79 Å². The highest BCUT2D eigenvalue weighted by molar-refractivity contribution is 5.99. The fourth-order valence-corrected chi connectivity index (χ4v) is 2.15. The minimum absolute atomic E-state index is 0.0127. The van der Waals surface area contributed by atoms with Crippen LogP contribution < -0.4 is 11.2 Å². The third-order valence-electron chi connectivity index (χ3n) is 3.24. The Kier molecular flexibility index (Phi) is 3.21. The molecule has 0 bridgehead atoms. The Morgan fingerprint density at radius 3 is 2.56 bits per heavy atom. The second-order valence-electron chi connectivity index (χ2n) is 4.68. The Labute approximate surface area is 104 Å². The lowest BCUT2D eigenvalue weighted by Crippen LogP contribution is -2.41. The molecule has 1 aromatic rings. The summed E-state index contributed by atoms with van der Waals surface area (Å²) < 4.78 is 7.62. The van der Waals surface area contributed by atoms with Gasteiger partial charge in [-0.05, 0) is 19.8 Å². The monoisotopic (exact) mass is 252 g/mol. The first-order valence-corrected chi connectivity index (χ1v) is 5.88. The van der Waals surface area contributed by atoms with Crippen molar-refractivity contribution in [3.05, 3.63) is 32.6 Å². The summed E-state index contributed by atoms with van der Waals surface area (Å²) in [6, 6.07) is 0. The van der Waals surface area contributed by atoms with Gasteiger partial charge in [0.15, 0.2) is 5.78 Å². The van der Waals surface area contributed by atoms with Crippen LogP contribution in [0.5, 0.6) is 0 Å². The first-order chi connectivity index (χ1) is 8.41. The number of carbonyl (C=O) groups excluding carboxylic acids is 1. The number of aromatic nitrogens is 2. The van der Waals surface area contributed by atoms with E-state index in [9.17, 15) is 14.4 Å². The molecule has 0 aliphatic carbocycles. The number of ether oxygens (including phenoxy) is 1. The lowest BCUT2D eigenvalue weighted by Gasteiger charge is -2.11. The zero-order chi connectivity index (χ0) is 13.4. The Bertz CT molecular complexity index is 599. The molecule has 1 fully saturated rings. The molecule has 0 aromatic carbocycles. The molecule has 1 aliphatic rings. The van der Waals surface area contributed by atoms with Crippen molar-refractivity contribution >= 4 is 5.78 Å². The number of aryl methyl sites for hydroxylation is 1. The number of hydrogen-bond acceptors (Lipinski definition) is 4. The van der Waals surface area contributed by atoms with E-state index in [0.29, 0.717) is 6.42 Å². The quantitative estimate of drug-likeness (QED) is 0.685. The third-order valence-corrected chi connectivity index (χ3v) is 3.24. The van der Waals surface area contributed by atoms with Gasteiger partial charge in [0.2, 0.25) is 0 Å². The lowest BCUT2D eigenvalue weighted by atomic mass is 10.1. The minimum atomic E-state index is -0.565. The normalized spacial score (nSPS) is 23.3. The van der Waals surface area contributed by atoms with Crippen LogP contribution in [-0.4, -0.2) is 27.1 Å². The van der Waals surface area contributed by atoms with E-state index in [4.69, 9.17) is 4.74 Å². The molecular formula is C12H16N2O4. The van der Waals surface area contributed by atoms with Gasteiger partial charge in [0.05, 0.1) is 6.10 Å². The van der Waals surface area contributed by atoms with E-state index in [0.717, 1.165) is 11.0 Å². The highest BCUT2D eigenvalue weighted by atomic mass is 16.5. The van der Waals surface area contributed by atoms with Crippen LogP contribution in [-0.2, 0) is 18.8 Å². The number of hydrogen-bond donors (Lipinski definition) is 0. The standard InChI is InChI=1S/C12H16N2O4/c1-7-4-5-9(18-7)10(15)8-6-13(2)12(17)14(3)11(8)16/h6-7,9H,4-5H2,1-3H3. The first-order valence-electron chi connectivity index (χ1n) is 5.88. The summed E-state index contributed by atoms with van der Waals surface area (Å²) in [7, 11) is 2.87.